The molecule has 0 bridgehead atoms. The van der Waals surface area contributed by atoms with Gasteiger partial charge in [-0.25, -0.2) is 13.4 Å². The summed E-state index contributed by atoms with van der Waals surface area (Å²) in [6.45, 7) is 3.67. The SMILES string of the molecule is Cc1cc(S(=O)(=O)N2CCN(c3nc(-c4ccccc4)cs3)CC2)c(Cl)cc1Cl. The molecule has 0 aliphatic carbocycles. The van der Waals surface area contributed by atoms with E-state index in [2.05, 4.69) is 4.90 Å². The Balaban J connectivity index is 1.48. The highest BCUT2D eigenvalue weighted by Crippen LogP contribution is 2.32. The quantitative estimate of drug-likeness (QED) is 0.545. The summed E-state index contributed by atoms with van der Waals surface area (Å²) in [6.07, 6.45) is 0. The summed E-state index contributed by atoms with van der Waals surface area (Å²) in [6, 6.07) is 13.0. The normalized spacial score (nSPS) is 15.6. The predicted molar refractivity (Wildman–Crippen MR) is 120 cm³/mol. The van der Waals surface area contributed by atoms with Gasteiger partial charge in [0.1, 0.15) is 4.90 Å². The van der Waals surface area contributed by atoms with Crippen LogP contribution in [0.1, 0.15) is 5.56 Å². The Morgan fingerprint density at radius 1 is 1.00 bits per heavy atom. The fourth-order valence-electron chi connectivity index (χ4n) is 3.24. The number of halogens is 2. The molecule has 0 radical (unpaired) electrons. The molecule has 1 fully saturated rings. The minimum Gasteiger partial charge on any atom is -0.345 e. The largest absolute Gasteiger partial charge is 0.345 e. The fourth-order valence-corrected chi connectivity index (χ4v) is 6.36. The zero-order valence-electron chi connectivity index (χ0n) is 15.7. The molecule has 1 saturated heterocycles. The molecular formula is C20H19Cl2N3O2S2. The molecule has 5 nitrogen and oxygen atoms in total. The van der Waals surface area contributed by atoms with Crippen LogP contribution < -0.4 is 4.90 Å². The van der Waals surface area contributed by atoms with Crippen LogP contribution in [-0.4, -0.2) is 43.9 Å². The van der Waals surface area contributed by atoms with Gasteiger partial charge in [-0.15, -0.1) is 11.3 Å². The second-order valence-electron chi connectivity index (χ2n) is 6.80. The maximum atomic E-state index is 13.1. The molecule has 29 heavy (non-hydrogen) atoms. The Morgan fingerprint density at radius 3 is 2.38 bits per heavy atom. The van der Waals surface area contributed by atoms with Crippen LogP contribution in [0, 0.1) is 6.92 Å². The third-order valence-electron chi connectivity index (χ3n) is 4.90. The number of nitrogens with zero attached hydrogens (tertiary/aromatic N) is 3. The maximum absolute atomic E-state index is 13.1. The molecule has 1 aliphatic rings. The minimum absolute atomic E-state index is 0.107. The molecule has 3 aromatic rings. The van der Waals surface area contributed by atoms with Crippen molar-refractivity contribution in [3.05, 3.63) is 63.5 Å². The first-order valence-electron chi connectivity index (χ1n) is 9.08. The van der Waals surface area contributed by atoms with Crippen molar-refractivity contribution in [2.75, 3.05) is 31.1 Å². The number of benzene rings is 2. The van der Waals surface area contributed by atoms with E-state index in [1.54, 1.807) is 24.3 Å². The van der Waals surface area contributed by atoms with Gasteiger partial charge < -0.3 is 4.90 Å². The van der Waals surface area contributed by atoms with E-state index in [1.165, 1.54) is 10.4 Å². The summed E-state index contributed by atoms with van der Waals surface area (Å²) in [5.74, 6) is 0. The number of rotatable bonds is 4. The summed E-state index contributed by atoms with van der Waals surface area (Å²) < 4.78 is 27.6. The van der Waals surface area contributed by atoms with Crippen molar-refractivity contribution >= 4 is 49.7 Å². The smallest absolute Gasteiger partial charge is 0.244 e. The Hall–Kier alpha value is -1.64. The Labute approximate surface area is 184 Å². The van der Waals surface area contributed by atoms with Crippen molar-refractivity contribution in [2.45, 2.75) is 11.8 Å². The van der Waals surface area contributed by atoms with Crippen LogP contribution in [-0.2, 0) is 10.0 Å². The van der Waals surface area contributed by atoms with Crippen LogP contribution in [0.15, 0.2) is 52.7 Å². The zero-order valence-corrected chi connectivity index (χ0v) is 18.8. The molecular weight excluding hydrogens is 449 g/mol. The Morgan fingerprint density at radius 2 is 1.69 bits per heavy atom. The lowest BCUT2D eigenvalue weighted by Crippen LogP contribution is -2.48. The minimum atomic E-state index is -3.68. The molecule has 0 spiro atoms. The van der Waals surface area contributed by atoms with E-state index < -0.39 is 10.0 Å². The summed E-state index contributed by atoms with van der Waals surface area (Å²) in [4.78, 5) is 6.96. The average Bonchev–Trinajstić information content (AvgIpc) is 3.22. The standard InChI is InChI=1S/C20H19Cl2N3O2S2/c1-14-11-19(17(22)12-16(14)21)29(26,27)25-9-7-24(8-10-25)20-23-18(13-28-20)15-5-3-2-4-6-15/h2-6,11-13H,7-10H2,1H3. The molecule has 152 valence electrons. The lowest BCUT2D eigenvalue weighted by atomic mass is 10.2. The van der Waals surface area contributed by atoms with E-state index in [0.29, 0.717) is 36.8 Å². The van der Waals surface area contributed by atoms with Crippen LogP contribution in [0.3, 0.4) is 0 Å². The van der Waals surface area contributed by atoms with E-state index in [-0.39, 0.29) is 9.92 Å². The second-order valence-corrected chi connectivity index (χ2v) is 10.4. The number of piperazine rings is 1. The number of anilines is 1. The predicted octanol–water partition coefficient (Wildman–Crippen LogP) is 4.94. The van der Waals surface area contributed by atoms with Gasteiger partial charge in [0, 0.05) is 42.1 Å². The van der Waals surface area contributed by atoms with Gasteiger partial charge in [-0.1, -0.05) is 53.5 Å². The first-order valence-corrected chi connectivity index (χ1v) is 12.2. The number of aromatic nitrogens is 1. The molecule has 9 heteroatoms. The van der Waals surface area contributed by atoms with Crippen molar-refractivity contribution in [2.24, 2.45) is 0 Å². The van der Waals surface area contributed by atoms with Crippen LogP contribution in [0.5, 0.6) is 0 Å². The molecule has 0 saturated carbocycles. The molecule has 4 rings (SSSR count). The first kappa shape index (κ1) is 20.6. The van der Waals surface area contributed by atoms with Crippen LogP contribution in [0.2, 0.25) is 10.0 Å². The average molecular weight is 468 g/mol. The van der Waals surface area contributed by atoms with E-state index in [9.17, 15) is 8.42 Å². The topological polar surface area (TPSA) is 53.5 Å². The maximum Gasteiger partial charge on any atom is 0.244 e. The molecule has 2 heterocycles. The van der Waals surface area contributed by atoms with Gasteiger partial charge in [-0.05, 0) is 24.6 Å². The molecule has 0 atom stereocenters. The highest BCUT2D eigenvalue weighted by molar-refractivity contribution is 7.89. The van der Waals surface area contributed by atoms with E-state index in [1.807, 2.05) is 35.7 Å². The molecule has 2 aromatic carbocycles. The highest BCUT2D eigenvalue weighted by Gasteiger charge is 2.31. The van der Waals surface area contributed by atoms with Gasteiger partial charge in [-0.2, -0.15) is 4.31 Å². The number of thiazole rings is 1. The van der Waals surface area contributed by atoms with E-state index >= 15 is 0 Å². The van der Waals surface area contributed by atoms with Crippen LogP contribution >= 0.6 is 34.5 Å². The van der Waals surface area contributed by atoms with Crippen molar-refractivity contribution in [3.8, 4) is 11.3 Å². The summed E-state index contributed by atoms with van der Waals surface area (Å²) in [5.41, 5.74) is 2.69. The molecule has 1 aromatic heterocycles. The van der Waals surface area contributed by atoms with Crippen LogP contribution in [0.4, 0.5) is 5.13 Å². The van der Waals surface area contributed by atoms with Gasteiger partial charge in [0.15, 0.2) is 5.13 Å². The lowest BCUT2D eigenvalue weighted by molar-refractivity contribution is 0.385. The Bertz CT molecular complexity index is 1130. The van der Waals surface area contributed by atoms with Gasteiger partial charge in [0.25, 0.3) is 0 Å². The first-order chi connectivity index (χ1) is 13.9. The number of sulfonamides is 1. The summed E-state index contributed by atoms with van der Waals surface area (Å²) >= 11 is 13.8. The van der Waals surface area contributed by atoms with Crippen molar-refractivity contribution in [3.63, 3.8) is 0 Å². The summed E-state index contributed by atoms with van der Waals surface area (Å²) in [5, 5.41) is 3.54. The van der Waals surface area contributed by atoms with Crippen LogP contribution in [0.25, 0.3) is 11.3 Å². The highest BCUT2D eigenvalue weighted by atomic mass is 35.5. The Kier molecular flexibility index (Phi) is 5.86. The van der Waals surface area contributed by atoms with E-state index in [4.69, 9.17) is 28.2 Å². The summed E-state index contributed by atoms with van der Waals surface area (Å²) in [7, 11) is -3.68. The van der Waals surface area contributed by atoms with Crippen molar-refractivity contribution < 1.29 is 8.42 Å². The van der Waals surface area contributed by atoms with Crippen molar-refractivity contribution in [1.29, 1.82) is 0 Å². The third-order valence-corrected chi connectivity index (χ3v) is 8.57. The third kappa shape index (κ3) is 4.15. The van der Waals surface area contributed by atoms with E-state index in [0.717, 1.165) is 16.4 Å². The fraction of sp³-hybridized carbons (Fsp3) is 0.250. The molecule has 0 unspecified atom stereocenters. The number of aryl methyl sites for hydroxylation is 1. The van der Waals surface area contributed by atoms with Gasteiger partial charge in [0.2, 0.25) is 10.0 Å². The number of hydrogen-bond acceptors (Lipinski definition) is 5. The van der Waals surface area contributed by atoms with Gasteiger partial charge >= 0.3 is 0 Å². The monoisotopic (exact) mass is 467 g/mol. The van der Waals surface area contributed by atoms with Crippen molar-refractivity contribution in [1.82, 2.24) is 9.29 Å². The second kappa shape index (κ2) is 8.24. The molecule has 1 aliphatic heterocycles. The van der Waals surface area contributed by atoms with Gasteiger partial charge in [-0.3, -0.25) is 0 Å². The molecule has 0 N–H and O–H groups in total. The molecule has 0 amide bonds. The van der Waals surface area contributed by atoms with Gasteiger partial charge in [0.05, 0.1) is 10.7 Å². The number of hydrogen-bond donors (Lipinski definition) is 0. The zero-order chi connectivity index (χ0) is 20.6. The lowest BCUT2D eigenvalue weighted by Gasteiger charge is -2.34.